The smallest absolute Gasteiger partial charge is 0.223 e. The van der Waals surface area contributed by atoms with E-state index in [0.29, 0.717) is 35.9 Å². The minimum Gasteiger partial charge on any atom is -0.378 e. The normalized spacial score (nSPS) is 35.0. The fourth-order valence-corrected chi connectivity index (χ4v) is 4.71. The van der Waals surface area contributed by atoms with Gasteiger partial charge in [0.1, 0.15) is 0 Å². The molecular formula is C19H34N2O2. The van der Waals surface area contributed by atoms with E-state index in [1.165, 1.54) is 32.4 Å². The van der Waals surface area contributed by atoms with Crippen molar-refractivity contribution >= 4 is 5.91 Å². The molecule has 2 atom stereocenters. The number of hydrogen-bond acceptors (Lipinski definition) is 3. The van der Waals surface area contributed by atoms with Crippen LogP contribution in [0.5, 0.6) is 0 Å². The van der Waals surface area contributed by atoms with E-state index in [0.717, 1.165) is 32.4 Å². The maximum atomic E-state index is 12.9. The summed E-state index contributed by atoms with van der Waals surface area (Å²) in [4.78, 5) is 17.7. The zero-order valence-corrected chi connectivity index (χ0v) is 15.2. The highest BCUT2D eigenvalue weighted by Crippen LogP contribution is 2.35. The van der Waals surface area contributed by atoms with Crippen molar-refractivity contribution < 1.29 is 9.53 Å². The highest BCUT2D eigenvalue weighted by atomic mass is 16.5. The Kier molecular flexibility index (Phi) is 5.63. The molecule has 23 heavy (non-hydrogen) atoms. The summed E-state index contributed by atoms with van der Waals surface area (Å²) in [5.74, 6) is 1.51. The summed E-state index contributed by atoms with van der Waals surface area (Å²) in [6, 6.07) is 1.04. The van der Waals surface area contributed by atoms with Gasteiger partial charge in [-0.2, -0.15) is 0 Å². The minimum absolute atomic E-state index is 0.394. The van der Waals surface area contributed by atoms with Crippen LogP contribution in [0.4, 0.5) is 0 Å². The third-order valence-corrected chi connectivity index (χ3v) is 6.13. The monoisotopic (exact) mass is 322 g/mol. The van der Waals surface area contributed by atoms with Crippen LogP contribution in [0.3, 0.4) is 0 Å². The number of nitrogens with zero attached hydrogens (tertiary/aromatic N) is 2. The second-order valence-corrected chi connectivity index (χ2v) is 8.11. The van der Waals surface area contributed by atoms with E-state index in [1.54, 1.807) is 0 Å². The van der Waals surface area contributed by atoms with Crippen molar-refractivity contribution in [3.63, 3.8) is 0 Å². The molecule has 0 aromatic rings. The summed E-state index contributed by atoms with van der Waals surface area (Å²) in [6.45, 7) is 10.8. The van der Waals surface area contributed by atoms with Crippen LogP contribution < -0.4 is 0 Å². The zero-order valence-electron chi connectivity index (χ0n) is 15.2. The Balaban J connectivity index is 1.53. The van der Waals surface area contributed by atoms with Crippen LogP contribution in [0.15, 0.2) is 0 Å². The number of hydrogen-bond donors (Lipinski definition) is 0. The first-order valence-electron chi connectivity index (χ1n) is 9.73. The Labute approximate surface area is 141 Å². The van der Waals surface area contributed by atoms with E-state index >= 15 is 0 Å². The van der Waals surface area contributed by atoms with Gasteiger partial charge in [0.15, 0.2) is 0 Å². The first-order chi connectivity index (χ1) is 11.1. The Bertz CT molecular complexity index is 400. The van der Waals surface area contributed by atoms with Crippen LogP contribution in [0.25, 0.3) is 0 Å². The van der Waals surface area contributed by atoms with Gasteiger partial charge in [0.2, 0.25) is 5.91 Å². The van der Waals surface area contributed by atoms with Crippen molar-refractivity contribution in [2.45, 2.75) is 77.5 Å². The molecule has 1 amide bonds. The molecule has 3 fully saturated rings. The zero-order chi connectivity index (χ0) is 16.4. The van der Waals surface area contributed by atoms with Crippen LogP contribution in [0.2, 0.25) is 0 Å². The van der Waals surface area contributed by atoms with Crippen LogP contribution in [-0.2, 0) is 9.53 Å². The van der Waals surface area contributed by atoms with E-state index in [-0.39, 0.29) is 0 Å². The lowest BCUT2D eigenvalue weighted by molar-refractivity contribution is -0.136. The maximum absolute atomic E-state index is 12.9. The Morgan fingerprint density at radius 2 is 1.87 bits per heavy atom. The Morgan fingerprint density at radius 3 is 2.48 bits per heavy atom. The van der Waals surface area contributed by atoms with Crippen molar-refractivity contribution in [2.75, 3.05) is 26.2 Å². The molecule has 2 unspecified atom stereocenters. The van der Waals surface area contributed by atoms with Gasteiger partial charge in [-0.3, -0.25) is 9.69 Å². The predicted octanol–water partition coefficient (Wildman–Crippen LogP) is 2.91. The van der Waals surface area contributed by atoms with Gasteiger partial charge in [-0.1, -0.05) is 13.8 Å². The van der Waals surface area contributed by atoms with Crippen molar-refractivity contribution in [3.8, 4) is 0 Å². The fraction of sp³-hybridized carbons (Fsp3) is 0.947. The SMILES string of the molecule is CCOC1CC(CC(=O)N2CC(N3CCCC3)CC2C(C)C)C1. The first kappa shape index (κ1) is 17.2. The molecule has 0 bridgehead atoms. The number of ether oxygens (including phenoxy) is 1. The van der Waals surface area contributed by atoms with Gasteiger partial charge in [-0.15, -0.1) is 0 Å². The summed E-state index contributed by atoms with van der Waals surface area (Å²) < 4.78 is 5.63. The van der Waals surface area contributed by atoms with Gasteiger partial charge in [0.05, 0.1) is 6.10 Å². The van der Waals surface area contributed by atoms with Crippen LogP contribution >= 0.6 is 0 Å². The molecule has 0 N–H and O–H groups in total. The second kappa shape index (κ2) is 7.52. The van der Waals surface area contributed by atoms with Crippen molar-refractivity contribution in [1.82, 2.24) is 9.80 Å². The number of amides is 1. The largest absolute Gasteiger partial charge is 0.378 e. The quantitative estimate of drug-likeness (QED) is 0.754. The fourth-order valence-electron chi connectivity index (χ4n) is 4.71. The van der Waals surface area contributed by atoms with E-state index in [1.807, 2.05) is 0 Å². The molecule has 4 nitrogen and oxygen atoms in total. The molecule has 3 rings (SSSR count). The molecule has 3 aliphatic rings. The number of carbonyl (C=O) groups excluding carboxylic acids is 1. The average molecular weight is 322 g/mol. The molecule has 0 radical (unpaired) electrons. The number of likely N-dealkylation sites (tertiary alicyclic amines) is 2. The molecule has 4 heteroatoms. The van der Waals surface area contributed by atoms with Gasteiger partial charge in [-0.25, -0.2) is 0 Å². The van der Waals surface area contributed by atoms with E-state index in [2.05, 4.69) is 30.6 Å². The summed E-state index contributed by atoms with van der Waals surface area (Å²) in [6.07, 6.45) is 7.14. The van der Waals surface area contributed by atoms with Crippen molar-refractivity contribution in [1.29, 1.82) is 0 Å². The molecule has 0 aromatic carbocycles. The van der Waals surface area contributed by atoms with Gasteiger partial charge >= 0.3 is 0 Å². The van der Waals surface area contributed by atoms with Gasteiger partial charge in [0.25, 0.3) is 0 Å². The van der Waals surface area contributed by atoms with Crippen LogP contribution in [-0.4, -0.2) is 60.1 Å². The van der Waals surface area contributed by atoms with Crippen molar-refractivity contribution in [2.24, 2.45) is 11.8 Å². The van der Waals surface area contributed by atoms with Gasteiger partial charge < -0.3 is 9.64 Å². The highest BCUT2D eigenvalue weighted by Gasteiger charge is 2.41. The average Bonchev–Trinajstić information content (AvgIpc) is 3.13. The molecule has 2 aliphatic heterocycles. The third-order valence-electron chi connectivity index (χ3n) is 6.13. The lowest BCUT2D eigenvalue weighted by Crippen LogP contribution is -2.42. The molecule has 0 spiro atoms. The Morgan fingerprint density at radius 1 is 1.17 bits per heavy atom. The van der Waals surface area contributed by atoms with E-state index < -0.39 is 0 Å². The highest BCUT2D eigenvalue weighted by molar-refractivity contribution is 5.77. The molecular weight excluding hydrogens is 288 g/mol. The predicted molar refractivity (Wildman–Crippen MR) is 92.3 cm³/mol. The van der Waals surface area contributed by atoms with E-state index in [9.17, 15) is 4.79 Å². The Hall–Kier alpha value is -0.610. The maximum Gasteiger partial charge on any atom is 0.223 e. The van der Waals surface area contributed by atoms with Crippen LogP contribution in [0, 0.1) is 11.8 Å². The lowest BCUT2D eigenvalue weighted by Gasteiger charge is -2.36. The molecule has 2 saturated heterocycles. The summed E-state index contributed by atoms with van der Waals surface area (Å²) >= 11 is 0. The van der Waals surface area contributed by atoms with E-state index in [4.69, 9.17) is 4.74 Å². The molecule has 0 aromatic heterocycles. The number of carbonyl (C=O) groups is 1. The van der Waals surface area contributed by atoms with Crippen molar-refractivity contribution in [3.05, 3.63) is 0 Å². The minimum atomic E-state index is 0.394. The molecule has 1 aliphatic carbocycles. The summed E-state index contributed by atoms with van der Waals surface area (Å²) in [5.41, 5.74) is 0. The van der Waals surface area contributed by atoms with Gasteiger partial charge in [0, 0.05) is 31.7 Å². The topological polar surface area (TPSA) is 32.8 Å². The standard InChI is InChI=1S/C19H34N2O2/c1-4-23-17-9-15(10-17)11-19(22)21-13-16(12-18(21)14(2)3)20-7-5-6-8-20/h14-18H,4-13H2,1-3H3. The number of rotatable bonds is 6. The first-order valence-corrected chi connectivity index (χ1v) is 9.73. The molecule has 2 heterocycles. The summed E-state index contributed by atoms with van der Waals surface area (Å²) in [5, 5.41) is 0. The third kappa shape index (κ3) is 3.90. The second-order valence-electron chi connectivity index (χ2n) is 8.11. The van der Waals surface area contributed by atoms with Crippen LogP contribution in [0.1, 0.15) is 59.3 Å². The van der Waals surface area contributed by atoms with Gasteiger partial charge in [-0.05, 0) is 64.0 Å². The lowest BCUT2D eigenvalue weighted by atomic mass is 9.79. The summed E-state index contributed by atoms with van der Waals surface area (Å²) in [7, 11) is 0. The molecule has 1 saturated carbocycles. The molecule has 132 valence electrons.